The van der Waals surface area contributed by atoms with Gasteiger partial charge < -0.3 is 5.32 Å². The summed E-state index contributed by atoms with van der Waals surface area (Å²) in [4.78, 5) is 9.72. The van der Waals surface area contributed by atoms with Crippen LogP contribution in [0, 0.1) is 15.9 Å². The number of non-ortho nitro benzene ring substituents is 1. The van der Waals surface area contributed by atoms with Crippen molar-refractivity contribution in [3.05, 3.63) is 34.1 Å². The molecule has 0 fully saturated rings. The lowest BCUT2D eigenvalue weighted by atomic mass is 10.2. The molecule has 0 atom stereocenters. The number of hydrogen-bond donors (Lipinski definition) is 2. The molecule has 1 rings (SSSR count). The molecule has 0 spiro atoms. The first-order valence-corrected chi connectivity index (χ1v) is 7.16. The number of nitrogens with one attached hydrogen (secondary N) is 2. The first kappa shape index (κ1) is 15.3. The number of sulfonamides is 1. The second kappa shape index (κ2) is 6.43. The van der Waals surface area contributed by atoms with E-state index in [0.717, 1.165) is 6.07 Å². The molecule has 0 aliphatic carbocycles. The Bertz CT molecular complexity index is 562. The van der Waals surface area contributed by atoms with E-state index < -0.39 is 20.8 Å². The van der Waals surface area contributed by atoms with Gasteiger partial charge in [-0.25, -0.2) is 17.5 Å². The van der Waals surface area contributed by atoms with E-state index in [-0.39, 0.29) is 30.2 Å². The fraction of sp³-hybridized carbons (Fsp3) is 0.400. The van der Waals surface area contributed by atoms with Crippen molar-refractivity contribution in [1.82, 2.24) is 4.72 Å². The van der Waals surface area contributed by atoms with Crippen LogP contribution >= 0.6 is 0 Å². The quantitative estimate of drug-likeness (QED) is 0.445. The van der Waals surface area contributed by atoms with Gasteiger partial charge in [-0.15, -0.1) is 0 Å². The molecule has 0 heterocycles. The second-order valence-electron chi connectivity index (χ2n) is 3.65. The maximum Gasteiger partial charge on any atom is 0.272 e. The van der Waals surface area contributed by atoms with Gasteiger partial charge in [0.2, 0.25) is 10.0 Å². The van der Waals surface area contributed by atoms with Crippen molar-refractivity contribution in [2.75, 3.05) is 24.2 Å². The number of anilines is 1. The summed E-state index contributed by atoms with van der Waals surface area (Å²) >= 11 is 0. The molecule has 0 amide bonds. The number of benzene rings is 1. The summed E-state index contributed by atoms with van der Waals surface area (Å²) in [6.07, 6.45) is 0. The Balaban J connectivity index is 2.53. The predicted molar refractivity (Wildman–Crippen MR) is 69.0 cm³/mol. The van der Waals surface area contributed by atoms with Crippen LogP contribution in [0.5, 0.6) is 0 Å². The number of nitrogens with zero attached hydrogens (tertiary/aromatic N) is 1. The average molecular weight is 291 g/mol. The molecule has 7 nitrogen and oxygen atoms in total. The molecule has 2 N–H and O–H groups in total. The molecule has 0 saturated heterocycles. The third-order valence-corrected chi connectivity index (χ3v) is 3.71. The summed E-state index contributed by atoms with van der Waals surface area (Å²) in [5.41, 5.74) is -0.254. The van der Waals surface area contributed by atoms with Crippen molar-refractivity contribution < 1.29 is 17.7 Å². The van der Waals surface area contributed by atoms with Crippen molar-refractivity contribution in [1.29, 1.82) is 0 Å². The third-order valence-electron chi connectivity index (χ3n) is 2.31. The van der Waals surface area contributed by atoms with Gasteiger partial charge in [-0.05, 0) is 13.0 Å². The molecule has 19 heavy (non-hydrogen) atoms. The monoisotopic (exact) mass is 291 g/mol. The Labute approximate surface area is 110 Å². The molecule has 0 saturated carbocycles. The summed E-state index contributed by atoms with van der Waals surface area (Å²) in [6.45, 7) is 1.78. The second-order valence-corrected chi connectivity index (χ2v) is 5.74. The highest BCUT2D eigenvalue weighted by Gasteiger charge is 2.10. The van der Waals surface area contributed by atoms with Crippen LogP contribution < -0.4 is 10.0 Å². The predicted octanol–water partition coefficient (Wildman–Crippen LogP) is 1.09. The number of nitro groups is 1. The zero-order valence-electron chi connectivity index (χ0n) is 10.2. The topological polar surface area (TPSA) is 101 Å². The number of halogens is 1. The largest absolute Gasteiger partial charge is 0.381 e. The molecule has 0 bridgehead atoms. The van der Waals surface area contributed by atoms with Crippen LogP contribution in [-0.2, 0) is 10.0 Å². The van der Waals surface area contributed by atoms with Gasteiger partial charge in [0.25, 0.3) is 5.69 Å². The Kier molecular flexibility index (Phi) is 5.19. The fourth-order valence-corrected chi connectivity index (χ4v) is 1.88. The van der Waals surface area contributed by atoms with Gasteiger partial charge in [0, 0.05) is 19.2 Å². The Morgan fingerprint density at radius 3 is 2.58 bits per heavy atom. The lowest BCUT2D eigenvalue weighted by Crippen LogP contribution is -2.30. The van der Waals surface area contributed by atoms with Crippen LogP contribution in [-0.4, -0.2) is 32.2 Å². The van der Waals surface area contributed by atoms with E-state index in [2.05, 4.69) is 10.0 Å². The lowest BCUT2D eigenvalue weighted by Gasteiger charge is -2.08. The van der Waals surface area contributed by atoms with E-state index in [1.165, 1.54) is 19.1 Å². The molecular formula is C10H14FN3O4S. The normalized spacial score (nSPS) is 11.3. The Hall–Kier alpha value is -1.74. The van der Waals surface area contributed by atoms with Crippen molar-refractivity contribution in [3.8, 4) is 0 Å². The highest BCUT2D eigenvalue weighted by molar-refractivity contribution is 7.89. The maximum atomic E-state index is 13.4. The van der Waals surface area contributed by atoms with Gasteiger partial charge in [0.1, 0.15) is 0 Å². The molecule has 1 aromatic carbocycles. The zero-order valence-corrected chi connectivity index (χ0v) is 11.0. The molecule has 9 heteroatoms. The maximum absolute atomic E-state index is 13.4. The molecule has 0 unspecified atom stereocenters. The fourth-order valence-electron chi connectivity index (χ4n) is 1.27. The van der Waals surface area contributed by atoms with Crippen molar-refractivity contribution in [3.63, 3.8) is 0 Å². The standard InChI is InChI=1S/C10H14FN3O4S/c1-2-19(17,18)13-6-5-12-10-4-3-8(14(15)16)7-9(10)11/h3-4,7,12-13H,2,5-6H2,1H3. The Morgan fingerprint density at radius 1 is 1.37 bits per heavy atom. The number of rotatable bonds is 7. The minimum atomic E-state index is -3.28. The SMILES string of the molecule is CCS(=O)(=O)NCCNc1ccc([N+](=O)[O-])cc1F. The highest BCUT2D eigenvalue weighted by atomic mass is 32.2. The van der Waals surface area contributed by atoms with Gasteiger partial charge >= 0.3 is 0 Å². The molecule has 0 aromatic heterocycles. The van der Waals surface area contributed by atoms with Crippen LogP contribution in [0.2, 0.25) is 0 Å². The van der Waals surface area contributed by atoms with E-state index >= 15 is 0 Å². The van der Waals surface area contributed by atoms with Gasteiger partial charge in [-0.3, -0.25) is 10.1 Å². The first-order chi connectivity index (χ1) is 8.85. The van der Waals surface area contributed by atoms with E-state index in [0.29, 0.717) is 0 Å². The van der Waals surface area contributed by atoms with Gasteiger partial charge in [-0.2, -0.15) is 0 Å². The van der Waals surface area contributed by atoms with Gasteiger partial charge in [-0.1, -0.05) is 0 Å². The molecular weight excluding hydrogens is 277 g/mol. The molecule has 0 radical (unpaired) electrons. The van der Waals surface area contributed by atoms with Crippen LogP contribution in [0.4, 0.5) is 15.8 Å². The number of hydrogen-bond acceptors (Lipinski definition) is 5. The number of nitro benzene ring substituents is 1. The smallest absolute Gasteiger partial charge is 0.272 e. The van der Waals surface area contributed by atoms with E-state index in [1.807, 2.05) is 0 Å². The summed E-state index contributed by atoms with van der Waals surface area (Å²) in [5, 5.41) is 13.1. The summed E-state index contributed by atoms with van der Waals surface area (Å²) in [6, 6.07) is 3.21. The molecule has 106 valence electrons. The summed E-state index contributed by atoms with van der Waals surface area (Å²) in [7, 11) is -3.28. The van der Waals surface area contributed by atoms with Crippen LogP contribution in [0.1, 0.15) is 6.92 Å². The summed E-state index contributed by atoms with van der Waals surface area (Å²) < 4.78 is 38.0. The molecule has 0 aliphatic rings. The van der Waals surface area contributed by atoms with E-state index in [4.69, 9.17) is 0 Å². The first-order valence-electron chi connectivity index (χ1n) is 5.51. The van der Waals surface area contributed by atoms with Crippen molar-refractivity contribution >= 4 is 21.4 Å². The minimum absolute atomic E-state index is 0.0289. The average Bonchev–Trinajstić information content (AvgIpc) is 2.36. The minimum Gasteiger partial charge on any atom is -0.381 e. The van der Waals surface area contributed by atoms with Crippen molar-refractivity contribution in [2.24, 2.45) is 0 Å². The van der Waals surface area contributed by atoms with E-state index in [1.54, 1.807) is 0 Å². The summed E-state index contributed by atoms with van der Waals surface area (Å²) in [5.74, 6) is -0.786. The molecule has 0 aliphatic heterocycles. The van der Waals surface area contributed by atoms with Crippen molar-refractivity contribution in [2.45, 2.75) is 6.92 Å². The Morgan fingerprint density at radius 2 is 2.05 bits per heavy atom. The highest BCUT2D eigenvalue weighted by Crippen LogP contribution is 2.19. The van der Waals surface area contributed by atoms with Crippen LogP contribution in [0.3, 0.4) is 0 Å². The van der Waals surface area contributed by atoms with E-state index in [9.17, 15) is 22.9 Å². The lowest BCUT2D eigenvalue weighted by molar-refractivity contribution is -0.385. The van der Waals surface area contributed by atoms with Gasteiger partial charge in [0.05, 0.1) is 22.4 Å². The molecule has 1 aromatic rings. The third kappa shape index (κ3) is 4.79. The zero-order chi connectivity index (χ0) is 14.5. The van der Waals surface area contributed by atoms with Crippen LogP contribution in [0.25, 0.3) is 0 Å². The van der Waals surface area contributed by atoms with Gasteiger partial charge in [0.15, 0.2) is 5.82 Å². The van der Waals surface area contributed by atoms with Crippen LogP contribution in [0.15, 0.2) is 18.2 Å².